The van der Waals surface area contributed by atoms with Crippen LogP contribution in [0.4, 0.5) is 16.2 Å². The van der Waals surface area contributed by atoms with E-state index in [2.05, 4.69) is 5.32 Å². The summed E-state index contributed by atoms with van der Waals surface area (Å²) in [6.07, 6.45) is -4.03. The van der Waals surface area contributed by atoms with Gasteiger partial charge in [-0.05, 0) is 42.3 Å². The third-order valence-electron chi connectivity index (χ3n) is 6.05. The molecule has 0 bridgehead atoms. The first-order valence-electron chi connectivity index (χ1n) is 11.8. The quantitative estimate of drug-likeness (QED) is 0.123. The molecule has 1 saturated heterocycles. The van der Waals surface area contributed by atoms with Gasteiger partial charge in [0.15, 0.2) is 5.78 Å². The van der Waals surface area contributed by atoms with E-state index in [0.717, 1.165) is 0 Å². The molecule has 212 valence electrons. The number of nitrogens with zero attached hydrogens (tertiary/aromatic N) is 2. The van der Waals surface area contributed by atoms with Crippen molar-refractivity contribution in [3.63, 3.8) is 0 Å². The predicted octanol–water partition coefficient (Wildman–Crippen LogP) is 2.38. The molecule has 3 rings (SSSR count). The van der Waals surface area contributed by atoms with E-state index in [-0.39, 0.29) is 24.6 Å². The largest absolute Gasteiger partial charge is 0.508 e. The summed E-state index contributed by atoms with van der Waals surface area (Å²) in [5, 5.41) is 24.0. The fourth-order valence-corrected chi connectivity index (χ4v) is 3.95. The minimum absolute atomic E-state index is 0.123. The van der Waals surface area contributed by atoms with Gasteiger partial charge in [-0.1, -0.05) is 0 Å². The monoisotopic (exact) mass is 559 g/mol. The lowest BCUT2D eigenvalue weighted by atomic mass is 9.81. The smallest absolute Gasteiger partial charge is 0.460 e. The van der Waals surface area contributed by atoms with Gasteiger partial charge in [-0.3, -0.25) is 34.6 Å². The Labute approximate surface area is 226 Å². The minimum atomic E-state index is -1.24. The molecule has 1 aliphatic rings. The maximum absolute atomic E-state index is 12.7. The second-order valence-corrected chi connectivity index (χ2v) is 8.73. The number of hydrogen-bond donors (Lipinski definition) is 1. The first kappa shape index (κ1) is 29.6. The lowest BCUT2D eigenvalue weighted by Gasteiger charge is -2.42. The summed E-state index contributed by atoms with van der Waals surface area (Å²) in [6.45, 7) is 0.988. The molecule has 0 saturated carbocycles. The van der Waals surface area contributed by atoms with Crippen molar-refractivity contribution in [3.8, 4) is 0 Å². The fourth-order valence-electron chi connectivity index (χ4n) is 3.95. The molecular weight excluding hydrogens is 534 g/mol. The Morgan fingerprint density at radius 3 is 1.85 bits per heavy atom. The highest BCUT2D eigenvalue weighted by atomic mass is 16.7. The highest BCUT2D eigenvalue weighted by molar-refractivity contribution is 6.00. The number of methoxy groups -OCH3 is 1. The lowest BCUT2D eigenvalue weighted by Crippen LogP contribution is -2.68. The van der Waals surface area contributed by atoms with Crippen LogP contribution in [-0.2, 0) is 46.5 Å². The number of carbonyl (C=O) groups excluding carboxylic acids is 4. The summed E-state index contributed by atoms with van der Waals surface area (Å²) in [7, 11) is 1.22. The van der Waals surface area contributed by atoms with Gasteiger partial charge in [-0.15, -0.1) is 0 Å². The van der Waals surface area contributed by atoms with Crippen molar-refractivity contribution in [2.24, 2.45) is 5.92 Å². The minimum Gasteiger partial charge on any atom is -0.460 e. The van der Waals surface area contributed by atoms with Gasteiger partial charge in [0.05, 0.1) is 21.8 Å². The number of ketones is 1. The Morgan fingerprint density at radius 2 is 1.40 bits per heavy atom. The number of benzene rings is 2. The van der Waals surface area contributed by atoms with Crippen molar-refractivity contribution in [2.75, 3.05) is 7.11 Å². The summed E-state index contributed by atoms with van der Waals surface area (Å²) < 4.78 is 20.5. The molecule has 1 N–H and O–H groups in total. The first-order valence-corrected chi connectivity index (χ1v) is 11.8. The Morgan fingerprint density at radius 1 is 0.900 bits per heavy atom. The molecule has 4 atom stereocenters. The van der Waals surface area contributed by atoms with Crippen LogP contribution < -0.4 is 5.32 Å². The number of carbonyl (C=O) groups is 4. The van der Waals surface area contributed by atoms with E-state index in [9.17, 15) is 39.4 Å². The molecule has 1 amide bonds. The molecule has 0 aliphatic carbocycles. The summed E-state index contributed by atoms with van der Waals surface area (Å²) >= 11 is 0. The van der Waals surface area contributed by atoms with Crippen LogP contribution in [-0.4, -0.2) is 59.0 Å². The van der Waals surface area contributed by atoms with E-state index < -0.39 is 64.3 Å². The summed E-state index contributed by atoms with van der Waals surface area (Å²) in [5.74, 6) is -3.03. The van der Waals surface area contributed by atoms with E-state index in [4.69, 9.17) is 18.9 Å². The van der Waals surface area contributed by atoms with Crippen molar-refractivity contribution in [1.29, 1.82) is 0 Å². The molecule has 0 spiro atoms. The number of esters is 1. The molecule has 0 aromatic heterocycles. The molecule has 1 heterocycles. The zero-order valence-corrected chi connectivity index (χ0v) is 21.3. The topological polar surface area (TPSA) is 204 Å². The maximum Gasteiger partial charge on any atom is 0.508 e. The van der Waals surface area contributed by atoms with Gasteiger partial charge in [0.2, 0.25) is 5.91 Å². The van der Waals surface area contributed by atoms with Gasteiger partial charge in [0.1, 0.15) is 31.8 Å². The van der Waals surface area contributed by atoms with Gasteiger partial charge >= 0.3 is 12.1 Å². The Kier molecular flexibility index (Phi) is 9.81. The second kappa shape index (κ2) is 13.2. The average Bonchev–Trinajstić information content (AvgIpc) is 2.90. The van der Waals surface area contributed by atoms with Gasteiger partial charge in [-0.2, -0.15) is 0 Å². The van der Waals surface area contributed by atoms with Gasteiger partial charge < -0.3 is 24.3 Å². The number of rotatable bonds is 13. The highest BCUT2D eigenvalue weighted by Gasteiger charge is 2.51. The number of Topliss-reactive ketones (excluding diaryl/α,β-unsaturated/α-hetero) is 1. The zero-order chi connectivity index (χ0) is 29.4. The normalized spacial score (nSPS) is 17.4. The number of non-ortho nitro benzene ring substituents is 2. The zero-order valence-electron chi connectivity index (χ0n) is 21.3. The number of amides is 1. The van der Waals surface area contributed by atoms with Crippen LogP contribution in [0.5, 0.6) is 0 Å². The summed E-state index contributed by atoms with van der Waals surface area (Å²) in [4.78, 5) is 69.6. The molecule has 2 aromatic carbocycles. The van der Waals surface area contributed by atoms with Gasteiger partial charge in [-0.25, -0.2) is 4.79 Å². The number of hydrogen-bond acceptors (Lipinski definition) is 12. The fraction of sp³-hybridized carbons (Fsp3) is 0.360. The number of nitro groups is 2. The van der Waals surface area contributed by atoms with Crippen LogP contribution in [0.3, 0.4) is 0 Å². The third kappa shape index (κ3) is 7.57. The van der Waals surface area contributed by atoms with Gasteiger partial charge in [0, 0.05) is 31.4 Å². The van der Waals surface area contributed by atoms with Crippen LogP contribution in [0.1, 0.15) is 24.5 Å². The lowest BCUT2D eigenvalue weighted by molar-refractivity contribution is -0.385. The molecule has 1 aliphatic heterocycles. The molecule has 40 heavy (non-hydrogen) atoms. The average molecular weight is 559 g/mol. The van der Waals surface area contributed by atoms with Gasteiger partial charge in [0.25, 0.3) is 11.4 Å². The van der Waals surface area contributed by atoms with E-state index in [1.54, 1.807) is 0 Å². The van der Waals surface area contributed by atoms with Crippen LogP contribution in [0.15, 0.2) is 48.5 Å². The molecule has 0 radical (unpaired) electrons. The Bertz CT molecular complexity index is 1280. The molecule has 2 aromatic rings. The molecule has 0 unspecified atom stereocenters. The van der Waals surface area contributed by atoms with E-state index in [0.29, 0.717) is 11.1 Å². The first-order chi connectivity index (χ1) is 19.0. The molecular formula is C25H25N3O12. The highest BCUT2D eigenvalue weighted by Crippen LogP contribution is 2.27. The van der Waals surface area contributed by atoms with E-state index in [1.807, 2.05) is 0 Å². The van der Waals surface area contributed by atoms with Crippen molar-refractivity contribution >= 4 is 35.2 Å². The number of ether oxygens (including phenoxy) is 4. The maximum atomic E-state index is 12.7. The second-order valence-electron chi connectivity index (χ2n) is 8.73. The molecule has 1 fully saturated rings. The number of nitrogens with one attached hydrogen (secondary N) is 1. The number of nitro benzene ring substituents is 2. The third-order valence-corrected chi connectivity index (χ3v) is 6.05. The molecule has 15 nitrogen and oxygen atoms in total. The van der Waals surface area contributed by atoms with Crippen molar-refractivity contribution in [2.45, 2.75) is 44.8 Å². The molecule has 15 heteroatoms. The van der Waals surface area contributed by atoms with Crippen molar-refractivity contribution < 1.29 is 48.0 Å². The summed E-state index contributed by atoms with van der Waals surface area (Å²) in [5.41, 5.74) is 0.704. The standard InChI is InChI=1S/C25H25N3O12/c1-14(40-25(32)39-13-16-5-9-18(10-6-16)28(35)36)21-22(26-24(21)31)23(37-2)19(29)11-20(30)38-12-15-3-7-17(8-4-15)27(33)34/h3-10,14,21-23H,11-13H2,1-2H3,(H,26,31)/t14-,21-,22+,23+/m1/s1. The SMILES string of the molecule is CO[C@@H](C(=O)CC(=O)OCc1ccc([N+](=O)[O-])cc1)[C@H]1NC(=O)[C@@H]1[C@@H](C)OC(=O)OCc1ccc([N+](=O)[O-])cc1. The Hall–Kier alpha value is -4.92. The van der Waals surface area contributed by atoms with Crippen molar-refractivity contribution in [1.82, 2.24) is 5.32 Å². The summed E-state index contributed by atoms with van der Waals surface area (Å²) in [6, 6.07) is 9.77. The van der Waals surface area contributed by atoms with E-state index >= 15 is 0 Å². The number of β-lactam (4-membered cyclic amide) rings is 1. The Balaban J connectivity index is 1.49. The van der Waals surface area contributed by atoms with Crippen LogP contribution in [0.2, 0.25) is 0 Å². The van der Waals surface area contributed by atoms with Crippen molar-refractivity contribution in [3.05, 3.63) is 79.9 Å². The van der Waals surface area contributed by atoms with Crippen LogP contribution >= 0.6 is 0 Å². The predicted molar refractivity (Wildman–Crippen MR) is 133 cm³/mol. The van der Waals surface area contributed by atoms with E-state index in [1.165, 1.54) is 62.6 Å². The van der Waals surface area contributed by atoms with Crippen LogP contribution in [0, 0.1) is 26.1 Å². The van der Waals surface area contributed by atoms with Crippen LogP contribution in [0.25, 0.3) is 0 Å².